The van der Waals surface area contributed by atoms with E-state index in [0.717, 1.165) is 30.3 Å². The Labute approximate surface area is 104 Å². The average Bonchev–Trinajstić information content (AvgIpc) is 2.14. The third-order valence-electron chi connectivity index (χ3n) is 2.09. The van der Waals surface area contributed by atoms with Crippen molar-refractivity contribution < 1.29 is 0 Å². The molecule has 0 aliphatic rings. The number of anilines is 1. The van der Waals surface area contributed by atoms with Crippen molar-refractivity contribution in [2.24, 2.45) is 0 Å². The fourth-order valence-corrected chi connectivity index (χ4v) is 2.13. The van der Waals surface area contributed by atoms with E-state index in [2.05, 4.69) is 43.5 Å². The summed E-state index contributed by atoms with van der Waals surface area (Å²) in [6.07, 6.45) is 0. The molecule has 0 radical (unpaired) electrons. The van der Waals surface area contributed by atoms with Crippen LogP contribution in [0.3, 0.4) is 0 Å². The Morgan fingerprint density at radius 2 is 2.14 bits per heavy atom. The minimum absolute atomic E-state index is 0.820. The van der Waals surface area contributed by atoms with Gasteiger partial charge in [0, 0.05) is 9.86 Å². The molecule has 0 aliphatic carbocycles. The zero-order valence-corrected chi connectivity index (χ0v) is 11.3. The second-order valence-corrected chi connectivity index (χ2v) is 5.08. The number of hydrogen-bond donors (Lipinski definition) is 1. The molecule has 2 aromatic rings. The predicted molar refractivity (Wildman–Crippen MR) is 71.3 cm³/mol. The Morgan fingerprint density at radius 3 is 2.86 bits per heavy atom. The number of aryl methyl sites for hydroxylation is 1. The Balaban J connectivity index is 2.91. The van der Waals surface area contributed by atoms with Crippen LogP contribution in [0.2, 0.25) is 0 Å². The summed E-state index contributed by atoms with van der Waals surface area (Å²) in [5.74, 6) is 0. The molecule has 2 rings (SSSR count). The lowest BCUT2D eigenvalue weighted by molar-refractivity contribution is 1.23. The first-order valence-electron chi connectivity index (χ1n) is 4.10. The van der Waals surface area contributed by atoms with Gasteiger partial charge in [-0.15, -0.1) is 0 Å². The molecule has 0 bridgehead atoms. The summed E-state index contributed by atoms with van der Waals surface area (Å²) in [5.41, 5.74) is 8.75. The number of hydrogen-bond acceptors (Lipinski definition) is 2. The molecule has 4 heteroatoms. The van der Waals surface area contributed by atoms with Crippen molar-refractivity contribution in [3.63, 3.8) is 0 Å². The van der Waals surface area contributed by atoms with Gasteiger partial charge >= 0.3 is 0 Å². The minimum Gasteiger partial charge on any atom is -0.397 e. The van der Waals surface area contributed by atoms with Crippen LogP contribution in [0.1, 0.15) is 5.69 Å². The van der Waals surface area contributed by atoms with E-state index in [1.807, 2.05) is 25.1 Å². The Kier molecular flexibility index (Phi) is 2.66. The molecular formula is C10H8BrIN2. The summed E-state index contributed by atoms with van der Waals surface area (Å²) < 4.78 is 2.06. The normalized spacial score (nSPS) is 10.8. The van der Waals surface area contributed by atoms with Crippen LogP contribution in [-0.2, 0) is 0 Å². The molecule has 0 atom stereocenters. The number of nitrogens with zero attached hydrogens (tertiary/aromatic N) is 1. The largest absolute Gasteiger partial charge is 0.397 e. The van der Waals surface area contributed by atoms with Crippen molar-refractivity contribution in [3.05, 3.63) is 31.9 Å². The smallest absolute Gasteiger partial charge is 0.0737 e. The fraction of sp³-hybridized carbons (Fsp3) is 0.100. The summed E-state index contributed by atoms with van der Waals surface area (Å²) in [5, 5.41) is 1.02. The maximum absolute atomic E-state index is 6.01. The molecule has 0 saturated heterocycles. The van der Waals surface area contributed by atoms with E-state index in [9.17, 15) is 0 Å². The van der Waals surface area contributed by atoms with Gasteiger partial charge < -0.3 is 5.73 Å². The van der Waals surface area contributed by atoms with Gasteiger partial charge in [-0.2, -0.15) is 0 Å². The van der Waals surface area contributed by atoms with Crippen LogP contribution < -0.4 is 5.73 Å². The SMILES string of the molecule is Cc1nc2cc(Br)ccc2c(N)c1I. The van der Waals surface area contributed by atoms with E-state index >= 15 is 0 Å². The van der Waals surface area contributed by atoms with E-state index in [4.69, 9.17) is 5.73 Å². The van der Waals surface area contributed by atoms with Crippen molar-refractivity contribution in [1.29, 1.82) is 0 Å². The molecule has 1 aromatic carbocycles. The molecular weight excluding hydrogens is 355 g/mol. The predicted octanol–water partition coefficient (Wildman–Crippen LogP) is 3.49. The van der Waals surface area contributed by atoms with Gasteiger partial charge in [-0.05, 0) is 47.7 Å². The van der Waals surface area contributed by atoms with Gasteiger partial charge in [0.05, 0.1) is 20.5 Å². The number of aromatic nitrogens is 1. The van der Waals surface area contributed by atoms with E-state index in [1.165, 1.54) is 0 Å². The zero-order valence-electron chi connectivity index (χ0n) is 7.51. The van der Waals surface area contributed by atoms with Crippen LogP contribution in [-0.4, -0.2) is 4.98 Å². The summed E-state index contributed by atoms with van der Waals surface area (Å²) in [7, 11) is 0. The molecule has 1 heterocycles. The number of pyridine rings is 1. The van der Waals surface area contributed by atoms with Crippen molar-refractivity contribution in [1.82, 2.24) is 4.98 Å². The quantitative estimate of drug-likeness (QED) is 0.728. The van der Waals surface area contributed by atoms with Gasteiger partial charge in [0.2, 0.25) is 0 Å². The average molecular weight is 363 g/mol. The van der Waals surface area contributed by atoms with E-state index in [0.29, 0.717) is 0 Å². The molecule has 0 fully saturated rings. The fourth-order valence-electron chi connectivity index (χ4n) is 1.37. The number of nitrogen functional groups attached to an aromatic ring is 1. The summed E-state index contributed by atoms with van der Waals surface area (Å²) in [4.78, 5) is 4.48. The van der Waals surface area contributed by atoms with Gasteiger partial charge in [0.25, 0.3) is 0 Å². The zero-order chi connectivity index (χ0) is 10.3. The lowest BCUT2D eigenvalue weighted by atomic mass is 10.2. The molecule has 0 spiro atoms. The van der Waals surface area contributed by atoms with Crippen molar-refractivity contribution in [2.45, 2.75) is 6.92 Å². The second kappa shape index (κ2) is 3.66. The highest BCUT2D eigenvalue weighted by Crippen LogP contribution is 2.28. The van der Waals surface area contributed by atoms with Crippen LogP contribution in [0.5, 0.6) is 0 Å². The molecule has 2 N–H and O–H groups in total. The summed E-state index contributed by atoms with van der Waals surface area (Å²) in [6.45, 7) is 1.97. The maximum Gasteiger partial charge on any atom is 0.0737 e. The van der Waals surface area contributed by atoms with Gasteiger partial charge in [-0.3, -0.25) is 4.98 Å². The Hall–Kier alpha value is -0.360. The second-order valence-electron chi connectivity index (χ2n) is 3.09. The van der Waals surface area contributed by atoms with Crippen molar-refractivity contribution >= 4 is 55.1 Å². The first-order chi connectivity index (χ1) is 6.59. The lowest BCUT2D eigenvalue weighted by Gasteiger charge is -2.06. The molecule has 0 aliphatic heterocycles. The first kappa shape index (κ1) is 10.2. The van der Waals surface area contributed by atoms with Gasteiger partial charge in [0.15, 0.2) is 0 Å². The topological polar surface area (TPSA) is 38.9 Å². The van der Waals surface area contributed by atoms with Crippen molar-refractivity contribution in [3.8, 4) is 0 Å². The number of halogens is 2. The van der Waals surface area contributed by atoms with Crippen LogP contribution in [0.15, 0.2) is 22.7 Å². The molecule has 0 amide bonds. The van der Waals surface area contributed by atoms with Gasteiger partial charge in [0.1, 0.15) is 0 Å². The number of rotatable bonds is 0. The standard InChI is InChI=1S/C10H8BrIN2/c1-5-9(12)10(13)7-3-2-6(11)4-8(7)14-5/h2-4H,1H3,(H2,13,14). The monoisotopic (exact) mass is 362 g/mol. The minimum atomic E-state index is 0.820. The number of fused-ring (bicyclic) bond motifs is 1. The van der Waals surface area contributed by atoms with Crippen LogP contribution >= 0.6 is 38.5 Å². The van der Waals surface area contributed by atoms with Crippen LogP contribution in [0.25, 0.3) is 10.9 Å². The highest BCUT2D eigenvalue weighted by Gasteiger charge is 2.07. The van der Waals surface area contributed by atoms with E-state index < -0.39 is 0 Å². The summed E-state index contributed by atoms with van der Waals surface area (Å²) in [6, 6.07) is 5.95. The highest BCUT2D eigenvalue weighted by molar-refractivity contribution is 14.1. The molecule has 2 nitrogen and oxygen atoms in total. The maximum atomic E-state index is 6.01. The van der Waals surface area contributed by atoms with Gasteiger partial charge in [-0.25, -0.2) is 0 Å². The highest BCUT2D eigenvalue weighted by atomic mass is 127. The third kappa shape index (κ3) is 1.61. The molecule has 14 heavy (non-hydrogen) atoms. The van der Waals surface area contributed by atoms with E-state index in [-0.39, 0.29) is 0 Å². The Morgan fingerprint density at radius 1 is 1.43 bits per heavy atom. The van der Waals surface area contributed by atoms with Crippen molar-refractivity contribution in [2.75, 3.05) is 5.73 Å². The number of benzene rings is 1. The van der Waals surface area contributed by atoms with E-state index in [1.54, 1.807) is 0 Å². The third-order valence-corrected chi connectivity index (χ3v) is 3.95. The molecule has 0 saturated carbocycles. The Bertz CT molecular complexity index is 511. The lowest BCUT2D eigenvalue weighted by Crippen LogP contribution is -1.97. The molecule has 72 valence electrons. The number of nitrogens with two attached hydrogens (primary N) is 1. The molecule has 0 unspecified atom stereocenters. The van der Waals surface area contributed by atoms with Crippen LogP contribution in [0, 0.1) is 10.5 Å². The summed E-state index contributed by atoms with van der Waals surface area (Å²) >= 11 is 5.64. The molecule has 1 aromatic heterocycles. The first-order valence-corrected chi connectivity index (χ1v) is 5.97. The van der Waals surface area contributed by atoms with Gasteiger partial charge in [-0.1, -0.05) is 15.9 Å². The van der Waals surface area contributed by atoms with Crippen LogP contribution in [0.4, 0.5) is 5.69 Å².